The topological polar surface area (TPSA) is 59.0 Å². The molecule has 29 heavy (non-hydrogen) atoms. The molecule has 2 aromatic rings. The molecule has 1 saturated heterocycles. The van der Waals surface area contributed by atoms with E-state index in [0.29, 0.717) is 24.8 Å². The van der Waals surface area contributed by atoms with Gasteiger partial charge in [-0.05, 0) is 43.4 Å². The number of rotatable bonds is 6. The van der Waals surface area contributed by atoms with Gasteiger partial charge in [0, 0.05) is 38.9 Å². The van der Waals surface area contributed by atoms with Crippen LogP contribution in [0.25, 0.3) is 0 Å². The second kappa shape index (κ2) is 11.8. The average Bonchev–Trinajstić information content (AvgIpc) is 2.72. The van der Waals surface area contributed by atoms with Crippen LogP contribution >= 0.6 is 24.0 Å². The Morgan fingerprint density at radius 1 is 1.17 bits per heavy atom. The fraction of sp³-hybridized carbons (Fsp3) is 0.455. The lowest BCUT2D eigenvalue weighted by Gasteiger charge is -2.32. The molecule has 1 aliphatic heterocycles. The molecule has 1 N–H and O–H groups in total. The first-order chi connectivity index (χ1) is 13.7. The Kier molecular flexibility index (Phi) is 9.50. The molecule has 158 valence electrons. The summed E-state index contributed by atoms with van der Waals surface area (Å²) in [4.78, 5) is 11.2. The molecule has 1 aromatic carbocycles. The van der Waals surface area contributed by atoms with Gasteiger partial charge in [0.1, 0.15) is 0 Å². The third kappa shape index (κ3) is 6.76. The monoisotopic (exact) mass is 510 g/mol. The van der Waals surface area contributed by atoms with E-state index < -0.39 is 0 Å². The Morgan fingerprint density at radius 2 is 1.90 bits per heavy atom. The van der Waals surface area contributed by atoms with E-state index >= 15 is 0 Å². The summed E-state index contributed by atoms with van der Waals surface area (Å²) in [6, 6.07) is 11.5. The lowest BCUT2D eigenvalue weighted by Crippen LogP contribution is -2.45. The van der Waals surface area contributed by atoms with Gasteiger partial charge in [0.15, 0.2) is 17.5 Å². The number of nitrogens with zero attached hydrogens (tertiary/aromatic N) is 3. The quantitative estimate of drug-likeness (QED) is 0.347. The number of nitrogens with one attached hydrogen (secondary N) is 1. The van der Waals surface area contributed by atoms with Crippen LogP contribution in [0, 0.1) is 5.92 Å². The van der Waals surface area contributed by atoms with Crippen LogP contribution in [0.3, 0.4) is 0 Å². The van der Waals surface area contributed by atoms with Crippen LogP contribution in [0.5, 0.6) is 17.4 Å². The Hall–Kier alpha value is -2.03. The molecular weight excluding hydrogens is 479 g/mol. The fourth-order valence-corrected chi connectivity index (χ4v) is 3.23. The molecule has 0 amide bonds. The van der Waals surface area contributed by atoms with E-state index in [1.54, 1.807) is 0 Å². The maximum atomic E-state index is 5.88. The summed E-state index contributed by atoms with van der Waals surface area (Å²) in [6.45, 7) is 7.66. The standard InChI is InChI=1S/C22H30N4O2.HI/c1-4-27-19-7-5-6-8-20(19)28-21-10-9-18(15-24-21)16-25-22(23-3)26-13-11-17(2)12-14-26;/h5-10,15,17H,4,11-14,16H2,1-3H3,(H,23,25);1H. The molecule has 0 bridgehead atoms. The van der Waals surface area contributed by atoms with E-state index in [4.69, 9.17) is 9.47 Å². The van der Waals surface area contributed by atoms with E-state index in [1.165, 1.54) is 12.8 Å². The third-order valence-electron chi connectivity index (χ3n) is 4.91. The number of aromatic nitrogens is 1. The van der Waals surface area contributed by atoms with Crippen LogP contribution in [0.1, 0.15) is 32.3 Å². The van der Waals surface area contributed by atoms with Crippen LogP contribution < -0.4 is 14.8 Å². The van der Waals surface area contributed by atoms with Gasteiger partial charge in [-0.3, -0.25) is 4.99 Å². The van der Waals surface area contributed by atoms with Crippen molar-refractivity contribution in [2.45, 2.75) is 33.2 Å². The van der Waals surface area contributed by atoms with E-state index in [2.05, 4.69) is 27.1 Å². The van der Waals surface area contributed by atoms with Crippen LogP contribution in [0.4, 0.5) is 0 Å². The zero-order valence-corrected chi connectivity index (χ0v) is 19.8. The van der Waals surface area contributed by atoms with E-state index in [-0.39, 0.29) is 24.0 Å². The minimum atomic E-state index is 0. The summed E-state index contributed by atoms with van der Waals surface area (Å²) in [6.07, 6.45) is 4.27. The van der Waals surface area contributed by atoms with Gasteiger partial charge in [-0.1, -0.05) is 25.1 Å². The highest BCUT2D eigenvalue weighted by molar-refractivity contribution is 14.0. The van der Waals surface area contributed by atoms with Crippen LogP contribution in [0.15, 0.2) is 47.6 Å². The van der Waals surface area contributed by atoms with Gasteiger partial charge in [0.05, 0.1) is 6.61 Å². The summed E-state index contributed by atoms with van der Waals surface area (Å²) < 4.78 is 11.5. The zero-order chi connectivity index (χ0) is 19.8. The Labute approximate surface area is 190 Å². The predicted molar refractivity (Wildman–Crippen MR) is 128 cm³/mol. The second-order valence-electron chi connectivity index (χ2n) is 7.06. The second-order valence-corrected chi connectivity index (χ2v) is 7.06. The summed E-state index contributed by atoms with van der Waals surface area (Å²) in [5.74, 6) is 3.70. The number of benzene rings is 1. The molecule has 7 heteroatoms. The molecule has 3 rings (SSSR count). The molecule has 1 aliphatic rings. The van der Waals surface area contributed by atoms with Gasteiger partial charge < -0.3 is 19.7 Å². The van der Waals surface area contributed by atoms with E-state index in [0.717, 1.165) is 36.3 Å². The first-order valence-electron chi connectivity index (χ1n) is 9.99. The molecular formula is C22H31IN4O2. The van der Waals surface area contributed by atoms with Gasteiger partial charge in [-0.15, -0.1) is 24.0 Å². The number of para-hydroxylation sites is 2. The lowest BCUT2D eigenvalue weighted by atomic mass is 10.00. The van der Waals surface area contributed by atoms with Crippen molar-refractivity contribution in [3.63, 3.8) is 0 Å². The van der Waals surface area contributed by atoms with Gasteiger partial charge >= 0.3 is 0 Å². The number of aliphatic imine (C=N–C) groups is 1. The number of hydrogen-bond acceptors (Lipinski definition) is 4. The van der Waals surface area contributed by atoms with Crippen LogP contribution in [-0.2, 0) is 6.54 Å². The largest absolute Gasteiger partial charge is 0.490 e. The summed E-state index contributed by atoms with van der Waals surface area (Å²) in [5.41, 5.74) is 1.08. The maximum Gasteiger partial charge on any atom is 0.219 e. The highest BCUT2D eigenvalue weighted by atomic mass is 127. The Morgan fingerprint density at radius 3 is 2.52 bits per heavy atom. The Balaban J connectivity index is 0.00000300. The minimum Gasteiger partial charge on any atom is -0.490 e. The molecule has 1 aromatic heterocycles. The molecule has 0 spiro atoms. The lowest BCUT2D eigenvalue weighted by molar-refractivity contribution is 0.273. The molecule has 0 radical (unpaired) electrons. The highest BCUT2D eigenvalue weighted by Gasteiger charge is 2.18. The molecule has 6 nitrogen and oxygen atoms in total. The number of hydrogen-bond donors (Lipinski definition) is 1. The van der Waals surface area contributed by atoms with Gasteiger partial charge in [0.25, 0.3) is 0 Å². The molecule has 0 atom stereocenters. The normalized spacial score (nSPS) is 14.9. The average molecular weight is 510 g/mol. The van der Waals surface area contributed by atoms with Crippen molar-refractivity contribution in [2.24, 2.45) is 10.9 Å². The Bertz CT molecular complexity index is 775. The first-order valence-corrected chi connectivity index (χ1v) is 9.99. The zero-order valence-electron chi connectivity index (χ0n) is 17.4. The molecule has 2 heterocycles. The SMILES string of the molecule is CCOc1ccccc1Oc1ccc(CNC(=NC)N2CCC(C)CC2)cn1.I. The van der Waals surface area contributed by atoms with Crippen LogP contribution in [0.2, 0.25) is 0 Å². The minimum absolute atomic E-state index is 0. The van der Waals surface area contributed by atoms with Crippen molar-refractivity contribution in [3.8, 4) is 17.4 Å². The molecule has 0 aliphatic carbocycles. The number of pyridine rings is 1. The molecule has 0 saturated carbocycles. The van der Waals surface area contributed by atoms with Gasteiger partial charge in [-0.25, -0.2) is 4.98 Å². The van der Waals surface area contributed by atoms with Crippen molar-refractivity contribution in [1.82, 2.24) is 15.2 Å². The van der Waals surface area contributed by atoms with Gasteiger partial charge in [-0.2, -0.15) is 0 Å². The van der Waals surface area contributed by atoms with Crippen molar-refractivity contribution in [1.29, 1.82) is 0 Å². The predicted octanol–water partition coefficient (Wildman–Crippen LogP) is 4.70. The van der Waals surface area contributed by atoms with Crippen molar-refractivity contribution >= 4 is 29.9 Å². The smallest absolute Gasteiger partial charge is 0.219 e. The first kappa shape index (κ1) is 23.3. The van der Waals surface area contributed by atoms with E-state index in [1.807, 2.05) is 56.6 Å². The van der Waals surface area contributed by atoms with Gasteiger partial charge in [0.2, 0.25) is 5.88 Å². The molecule has 1 fully saturated rings. The summed E-state index contributed by atoms with van der Waals surface area (Å²) >= 11 is 0. The summed E-state index contributed by atoms with van der Waals surface area (Å²) in [5, 5.41) is 3.44. The highest BCUT2D eigenvalue weighted by Crippen LogP contribution is 2.30. The van der Waals surface area contributed by atoms with Crippen molar-refractivity contribution < 1.29 is 9.47 Å². The van der Waals surface area contributed by atoms with Crippen molar-refractivity contribution in [3.05, 3.63) is 48.2 Å². The number of ether oxygens (including phenoxy) is 2. The summed E-state index contributed by atoms with van der Waals surface area (Å²) in [7, 11) is 1.84. The molecule has 0 unspecified atom stereocenters. The third-order valence-corrected chi connectivity index (χ3v) is 4.91. The number of piperidine rings is 1. The maximum absolute atomic E-state index is 5.88. The number of likely N-dealkylation sites (tertiary alicyclic amines) is 1. The fourth-order valence-electron chi connectivity index (χ4n) is 3.23. The number of halogens is 1. The van der Waals surface area contributed by atoms with E-state index in [9.17, 15) is 0 Å². The number of guanidine groups is 1. The van der Waals surface area contributed by atoms with Crippen molar-refractivity contribution in [2.75, 3.05) is 26.7 Å². The van der Waals surface area contributed by atoms with Crippen LogP contribution in [-0.4, -0.2) is 42.6 Å².